The quantitative estimate of drug-likeness (QED) is 0.796. The summed E-state index contributed by atoms with van der Waals surface area (Å²) in [5, 5.41) is 0. The average Bonchev–Trinajstić information content (AvgIpc) is 2.46. The Bertz CT molecular complexity index is 528. The molecule has 2 nitrogen and oxygen atoms in total. The van der Waals surface area contributed by atoms with Gasteiger partial charge in [-0.3, -0.25) is 4.79 Å². The first-order valence-corrected chi connectivity index (χ1v) is 7.36. The van der Waals surface area contributed by atoms with Crippen molar-refractivity contribution in [3.63, 3.8) is 0 Å². The van der Waals surface area contributed by atoms with Gasteiger partial charge in [-0.25, -0.2) is 0 Å². The van der Waals surface area contributed by atoms with E-state index in [-0.39, 0.29) is 11.7 Å². The maximum absolute atomic E-state index is 12.1. The topological polar surface area (TPSA) is 20.3 Å². The lowest BCUT2D eigenvalue weighted by atomic mass is 9.85. The number of benzene rings is 1. The second-order valence-electron chi connectivity index (χ2n) is 5.33. The Kier molecular flexibility index (Phi) is 4.78. The van der Waals surface area contributed by atoms with Crippen LogP contribution in [0.4, 0.5) is 0 Å². The number of rotatable bonds is 5. The number of nitrogens with zero attached hydrogens (tertiary/aromatic N) is 1. The largest absolute Gasteiger partial charge is 0.352 e. The summed E-state index contributed by atoms with van der Waals surface area (Å²) in [6.07, 6.45) is 6.59. The molecule has 106 valence electrons. The van der Waals surface area contributed by atoms with Crippen molar-refractivity contribution < 1.29 is 4.79 Å². The fourth-order valence-electron chi connectivity index (χ4n) is 2.76. The Hall–Kier alpha value is -1.83. The van der Waals surface area contributed by atoms with E-state index in [0.717, 1.165) is 30.7 Å². The van der Waals surface area contributed by atoms with Gasteiger partial charge in [0.05, 0.1) is 0 Å². The van der Waals surface area contributed by atoms with E-state index in [4.69, 9.17) is 0 Å². The van der Waals surface area contributed by atoms with Crippen LogP contribution < -0.4 is 0 Å². The van der Waals surface area contributed by atoms with Gasteiger partial charge in [-0.15, -0.1) is 0 Å². The van der Waals surface area contributed by atoms with Gasteiger partial charge in [0.25, 0.3) is 0 Å². The molecule has 0 amide bonds. The molecule has 1 aliphatic rings. The zero-order chi connectivity index (χ0) is 14.5. The van der Waals surface area contributed by atoms with Crippen LogP contribution in [0.1, 0.15) is 45.1 Å². The summed E-state index contributed by atoms with van der Waals surface area (Å²) in [5.74, 6) is 0.258. The SMILES string of the molecule is CCCCN1C=CC(c2ccccc2)C(C(C)=O)=C1C. The molecule has 0 fully saturated rings. The molecule has 1 unspecified atom stereocenters. The predicted octanol–water partition coefficient (Wildman–Crippen LogP) is 4.26. The van der Waals surface area contributed by atoms with Crippen molar-refractivity contribution in [2.24, 2.45) is 0 Å². The van der Waals surface area contributed by atoms with Crippen molar-refractivity contribution in [1.29, 1.82) is 0 Å². The molecule has 1 aliphatic heterocycles. The lowest BCUT2D eigenvalue weighted by Gasteiger charge is -2.31. The highest BCUT2D eigenvalue weighted by Gasteiger charge is 2.25. The van der Waals surface area contributed by atoms with Gasteiger partial charge in [0.1, 0.15) is 0 Å². The maximum Gasteiger partial charge on any atom is 0.158 e. The van der Waals surface area contributed by atoms with Crippen molar-refractivity contribution in [2.75, 3.05) is 6.54 Å². The lowest BCUT2D eigenvalue weighted by Crippen LogP contribution is -2.25. The van der Waals surface area contributed by atoms with Crippen molar-refractivity contribution in [2.45, 2.75) is 39.5 Å². The molecule has 1 heterocycles. The lowest BCUT2D eigenvalue weighted by molar-refractivity contribution is -0.114. The Morgan fingerprint density at radius 3 is 2.55 bits per heavy atom. The summed E-state index contributed by atoms with van der Waals surface area (Å²) >= 11 is 0. The number of unbranched alkanes of at least 4 members (excludes halogenated alkanes) is 1. The van der Waals surface area contributed by atoms with E-state index in [0.29, 0.717) is 0 Å². The van der Waals surface area contributed by atoms with Gasteiger partial charge in [0.2, 0.25) is 0 Å². The van der Waals surface area contributed by atoms with E-state index in [1.54, 1.807) is 6.92 Å². The van der Waals surface area contributed by atoms with Gasteiger partial charge in [0, 0.05) is 29.9 Å². The van der Waals surface area contributed by atoms with Crippen LogP contribution in [0.2, 0.25) is 0 Å². The first-order chi connectivity index (χ1) is 9.65. The van der Waals surface area contributed by atoms with Crippen LogP contribution >= 0.6 is 0 Å². The first-order valence-electron chi connectivity index (χ1n) is 7.36. The van der Waals surface area contributed by atoms with Gasteiger partial charge in [-0.2, -0.15) is 0 Å². The molecule has 0 radical (unpaired) electrons. The number of carbonyl (C=O) groups excluding carboxylic acids is 1. The van der Waals surface area contributed by atoms with E-state index < -0.39 is 0 Å². The highest BCUT2D eigenvalue weighted by Crippen LogP contribution is 2.33. The molecule has 0 spiro atoms. The highest BCUT2D eigenvalue weighted by molar-refractivity contribution is 5.96. The summed E-state index contributed by atoms with van der Waals surface area (Å²) in [5.41, 5.74) is 3.21. The maximum atomic E-state index is 12.1. The molecule has 0 aromatic heterocycles. The van der Waals surface area contributed by atoms with Gasteiger partial charge in [0.15, 0.2) is 5.78 Å². The minimum Gasteiger partial charge on any atom is -0.352 e. The summed E-state index contributed by atoms with van der Waals surface area (Å²) < 4.78 is 0. The number of Topliss-reactive ketones (excluding diaryl/α,β-unsaturated/α-hetero) is 1. The molecule has 0 saturated carbocycles. The van der Waals surface area contributed by atoms with Crippen molar-refractivity contribution in [3.05, 3.63) is 59.4 Å². The minimum atomic E-state index is 0.0894. The molecule has 1 atom stereocenters. The Morgan fingerprint density at radius 1 is 1.25 bits per heavy atom. The molecule has 20 heavy (non-hydrogen) atoms. The molecule has 0 bridgehead atoms. The molecule has 0 aliphatic carbocycles. The molecule has 2 rings (SSSR count). The van der Waals surface area contributed by atoms with E-state index >= 15 is 0 Å². The molecular weight excluding hydrogens is 246 g/mol. The van der Waals surface area contributed by atoms with Gasteiger partial charge < -0.3 is 4.90 Å². The summed E-state index contributed by atoms with van der Waals surface area (Å²) in [4.78, 5) is 14.3. The third kappa shape index (κ3) is 3.01. The van der Waals surface area contributed by atoms with Crippen LogP contribution in [0.15, 0.2) is 53.9 Å². The summed E-state index contributed by atoms with van der Waals surface area (Å²) in [6, 6.07) is 10.2. The smallest absolute Gasteiger partial charge is 0.158 e. The molecular formula is C18H23NO. The van der Waals surface area contributed by atoms with Gasteiger partial charge in [-0.1, -0.05) is 49.8 Å². The monoisotopic (exact) mass is 269 g/mol. The summed E-state index contributed by atoms with van der Waals surface area (Å²) in [6.45, 7) is 6.90. The van der Waals surface area contributed by atoms with Gasteiger partial charge in [-0.05, 0) is 25.8 Å². The molecule has 0 saturated heterocycles. The number of allylic oxidation sites excluding steroid dienone is 3. The third-order valence-electron chi connectivity index (χ3n) is 3.88. The summed E-state index contributed by atoms with van der Waals surface area (Å²) in [7, 11) is 0. The van der Waals surface area contributed by atoms with Crippen molar-refractivity contribution >= 4 is 5.78 Å². The number of ketones is 1. The molecule has 2 heteroatoms. The average molecular weight is 269 g/mol. The van der Waals surface area contributed by atoms with Crippen LogP contribution in [0.5, 0.6) is 0 Å². The molecule has 1 aromatic rings. The second-order valence-corrected chi connectivity index (χ2v) is 5.33. The van der Waals surface area contributed by atoms with Crippen LogP contribution in [-0.4, -0.2) is 17.2 Å². The van der Waals surface area contributed by atoms with E-state index in [9.17, 15) is 4.79 Å². The fraction of sp³-hybridized carbons (Fsp3) is 0.389. The molecule has 1 aromatic carbocycles. The molecule has 0 N–H and O–H groups in total. The third-order valence-corrected chi connectivity index (χ3v) is 3.88. The number of hydrogen-bond acceptors (Lipinski definition) is 2. The number of carbonyl (C=O) groups is 1. The zero-order valence-corrected chi connectivity index (χ0v) is 12.6. The van der Waals surface area contributed by atoms with E-state index in [1.807, 2.05) is 18.2 Å². The van der Waals surface area contributed by atoms with Crippen LogP contribution in [0.25, 0.3) is 0 Å². The number of hydrogen-bond donors (Lipinski definition) is 0. The van der Waals surface area contributed by atoms with Crippen LogP contribution in [-0.2, 0) is 4.79 Å². The standard InChI is InChI=1S/C18H23NO/c1-4-5-12-19-13-11-17(16-9-7-6-8-10-16)18(14(19)2)15(3)20/h6-11,13,17H,4-5,12H2,1-3H3. The van der Waals surface area contributed by atoms with Crippen molar-refractivity contribution in [1.82, 2.24) is 4.90 Å². The first kappa shape index (κ1) is 14.6. The normalized spacial score (nSPS) is 18.6. The highest BCUT2D eigenvalue weighted by atomic mass is 16.1. The van der Waals surface area contributed by atoms with Gasteiger partial charge >= 0.3 is 0 Å². The zero-order valence-electron chi connectivity index (χ0n) is 12.6. The Morgan fingerprint density at radius 2 is 1.95 bits per heavy atom. The second kappa shape index (κ2) is 6.56. The van der Waals surface area contributed by atoms with Crippen molar-refractivity contribution in [3.8, 4) is 0 Å². The van der Waals surface area contributed by atoms with Crippen LogP contribution in [0, 0.1) is 0 Å². The predicted molar refractivity (Wildman–Crippen MR) is 83.3 cm³/mol. The van der Waals surface area contributed by atoms with E-state index in [2.05, 4.69) is 43.2 Å². The van der Waals surface area contributed by atoms with Crippen LogP contribution in [0.3, 0.4) is 0 Å². The van der Waals surface area contributed by atoms with E-state index in [1.165, 1.54) is 5.56 Å². The fourth-order valence-corrected chi connectivity index (χ4v) is 2.76. The Balaban J connectivity index is 2.34. The Labute approximate surface area is 121 Å². The minimum absolute atomic E-state index is 0.0894.